The highest BCUT2D eigenvalue weighted by atomic mass is 15.2. The van der Waals surface area contributed by atoms with E-state index in [9.17, 15) is 0 Å². The van der Waals surface area contributed by atoms with Crippen LogP contribution in [0.3, 0.4) is 0 Å². The van der Waals surface area contributed by atoms with Crippen molar-refractivity contribution in [2.75, 3.05) is 23.0 Å². The van der Waals surface area contributed by atoms with Crippen molar-refractivity contribution >= 4 is 23.0 Å². The topological polar surface area (TPSA) is 67.1 Å². The smallest absolute Gasteiger partial charge is 0.135 e. The molecule has 3 N–H and O–H groups in total. The lowest BCUT2D eigenvalue weighted by atomic mass is 10.3. The molecule has 1 heterocycles. The van der Waals surface area contributed by atoms with Crippen LogP contribution >= 0.6 is 0 Å². The molecule has 0 aliphatic rings. The molecular weight excluding hydrogens is 238 g/mol. The van der Waals surface area contributed by atoms with E-state index in [0.717, 1.165) is 23.0 Å². The van der Waals surface area contributed by atoms with E-state index in [4.69, 9.17) is 5.73 Å². The molecule has 100 valence electrons. The van der Waals surface area contributed by atoms with Gasteiger partial charge in [0.05, 0.1) is 0 Å². The van der Waals surface area contributed by atoms with E-state index in [0.29, 0.717) is 6.04 Å². The van der Waals surface area contributed by atoms with Crippen LogP contribution in [0.5, 0.6) is 0 Å². The molecule has 0 aliphatic carbocycles. The molecule has 0 spiro atoms. The third-order valence-electron chi connectivity index (χ3n) is 2.97. The van der Waals surface area contributed by atoms with E-state index >= 15 is 0 Å². The van der Waals surface area contributed by atoms with Gasteiger partial charge in [0.25, 0.3) is 0 Å². The van der Waals surface area contributed by atoms with Gasteiger partial charge in [-0.25, -0.2) is 9.97 Å². The number of rotatable bonds is 4. The SMILES string of the molecule is CC(C)N(C)c1cc(Nc2ccc(N)cc2)ncn1. The quantitative estimate of drug-likeness (QED) is 0.824. The second-order valence-corrected chi connectivity index (χ2v) is 4.71. The zero-order valence-electron chi connectivity index (χ0n) is 11.5. The largest absolute Gasteiger partial charge is 0.399 e. The van der Waals surface area contributed by atoms with Crippen LogP contribution in [0.2, 0.25) is 0 Å². The maximum Gasteiger partial charge on any atom is 0.135 e. The van der Waals surface area contributed by atoms with Gasteiger partial charge in [-0.3, -0.25) is 0 Å². The molecule has 0 amide bonds. The monoisotopic (exact) mass is 257 g/mol. The van der Waals surface area contributed by atoms with Crippen LogP contribution in [0.25, 0.3) is 0 Å². The Labute approximate surface area is 113 Å². The number of hydrogen-bond acceptors (Lipinski definition) is 5. The van der Waals surface area contributed by atoms with E-state index in [1.807, 2.05) is 37.4 Å². The number of aromatic nitrogens is 2. The highest BCUT2D eigenvalue weighted by Crippen LogP contribution is 2.19. The summed E-state index contributed by atoms with van der Waals surface area (Å²) in [6.45, 7) is 4.24. The van der Waals surface area contributed by atoms with E-state index in [-0.39, 0.29) is 0 Å². The zero-order valence-corrected chi connectivity index (χ0v) is 11.5. The summed E-state index contributed by atoms with van der Waals surface area (Å²) in [7, 11) is 2.01. The van der Waals surface area contributed by atoms with Gasteiger partial charge in [-0.2, -0.15) is 0 Å². The van der Waals surface area contributed by atoms with E-state index < -0.39 is 0 Å². The first-order valence-corrected chi connectivity index (χ1v) is 6.23. The van der Waals surface area contributed by atoms with Crippen molar-refractivity contribution in [1.29, 1.82) is 0 Å². The van der Waals surface area contributed by atoms with Gasteiger partial charge in [0.15, 0.2) is 0 Å². The third kappa shape index (κ3) is 3.34. The van der Waals surface area contributed by atoms with Gasteiger partial charge in [-0.15, -0.1) is 0 Å². The molecule has 19 heavy (non-hydrogen) atoms. The number of nitrogens with one attached hydrogen (secondary N) is 1. The molecule has 1 aromatic heterocycles. The highest BCUT2D eigenvalue weighted by molar-refractivity contribution is 5.61. The average molecular weight is 257 g/mol. The van der Waals surface area contributed by atoms with Crippen molar-refractivity contribution in [1.82, 2.24) is 9.97 Å². The molecule has 0 radical (unpaired) electrons. The summed E-state index contributed by atoms with van der Waals surface area (Å²) in [6.07, 6.45) is 1.56. The minimum Gasteiger partial charge on any atom is -0.399 e. The Hall–Kier alpha value is -2.30. The highest BCUT2D eigenvalue weighted by Gasteiger charge is 2.07. The molecule has 2 aromatic rings. The van der Waals surface area contributed by atoms with Gasteiger partial charge in [-0.05, 0) is 38.1 Å². The van der Waals surface area contributed by atoms with Gasteiger partial charge < -0.3 is 16.0 Å². The van der Waals surface area contributed by atoms with Crippen LogP contribution in [0.1, 0.15) is 13.8 Å². The van der Waals surface area contributed by atoms with Crippen molar-refractivity contribution in [2.24, 2.45) is 0 Å². The van der Waals surface area contributed by atoms with Gasteiger partial charge in [0.2, 0.25) is 0 Å². The normalized spacial score (nSPS) is 10.5. The third-order valence-corrected chi connectivity index (χ3v) is 2.97. The standard InChI is InChI=1S/C14H19N5/c1-10(2)19(3)14-8-13(16-9-17-14)18-12-6-4-11(15)5-7-12/h4-10H,15H2,1-3H3,(H,16,17,18). The van der Waals surface area contributed by atoms with E-state index in [1.54, 1.807) is 6.33 Å². The summed E-state index contributed by atoms with van der Waals surface area (Å²) < 4.78 is 0. The zero-order chi connectivity index (χ0) is 13.8. The molecule has 0 saturated heterocycles. The van der Waals surface area contributed by atoms with Crippen LogP contribution in [-0.2, 0) is 0 Å². The summed E-state index contributed by atoms with van der Waals surface area (Å²) in [4.78, 5) is 10.6. The fourth-order valence-electron chi connectivity index (χ4n) is 1.59. The molecule has 0 bridgehead atoms. The van der Waals surface area contributed by atoms with Crippen molar-refractivity contribution in [2.45, 2.75) is 19.9 Å². The Bertz CT molecular complexity index is 536. The summed E-state index contributed by atoms with van der Waals surface area (Å²) in [5.74, 6) is 1.66. The van der Waals surface area contributed by atoms with Gasteiger partial charge >= 0.3 is 0 Å². The Morgan fingerprint density at radius 1 is 1.16 bits per heavy atom. The van der Waals surface area contributed by atoms with Gasteiger partial charge in [0, 0.05) is 30.5 Å². The first-order chi connectivity index (χ1) is 9.06. The summed E-state index contributed by atoms with van der Waals surface area (Å²) >= 11 is 0. The maximum atomic E-state index is 5.66. The number of benzene rings is 1. The van der Waals surface area contributed by atoms with Crippen molar-refractivity contribution in [3.63, 3.8) is 0 Å². The number of hydrogen-bond donors (Lipinski definition) is 2. The number of nitrogens with zero attached hydrogens (tertiary/aromatic N) is 3. The van der Waals surface area contributed by atoms with Crippen molar-refractivity contribution in [3.05, 3.63) is 36.7 Å². The van der Waals surface area contributed by atoms with E-state index in [1.165, 1.54) is 0 Å². The fraction of sp³-hybridized carbons (Fsp3) is 0.286. The predicted octanol–water partition coefficient (Wildman–Crippen LogP) is 2.65. The van der Waals surface area contributed by atoms with Crippen LogP contribution in [0.15, 0.2) is 36.7 Å². The van der Waals surface area contributed by atoms with Crippen LogP contribution in [-0.4, -0.2) is 23.1 Å². The summed E-state index contributed by atoms with van der Waals surface area (Å²) in [6, 6.07) is 9.86. The Morgan fingerprint density at radius 3 is 2.47 bits per heavy atom. The van der Waals surface area contributed by atoms with Crippen LogP contribution in [0, 0.1) is 0 Å². The lowest BCUT2D eigenvalue weighted by Gasteiger charge is -2.22. The molecule has 0 unspecified atom stereocenters. The number of anilines is 4. The molecule has 5 nitrogen and oxygen atoms in total. The van der Waals surface area contributed by atoms with Gasteiger partial charge in [-0.1, -0.05) is 0 Å². The molecule has 0 saturated carbocycles. The van der Waals surface area contributed by atoms with Crippen molar-refractivity contribution in [3.8, 4) is 0 Å². The van der Waals surface area contributed by atoms with Crippen molar-refractivity contribution < 1.29 is 0 Å². The molecule has 0 fully saturated rings. The molecule has 5 heteroatoms. The van der Waals surface area contributed by atoms with E-state index in [2.05, 4.69) is 34.0 Å². The number of nitrogen functional groups attached to an aromatic ring is 1. The minimum atomic E-state index is 0.388. The number of nitrogens with two attached hydrogens (primary N) is 1. The van der Waals surface area contributed by atoms with Crippen LogP contribution in [0.4, 0.5) is 23.0 Å². The average Bonchev–Trinajstić information content (AvgIpc) is 2.41. The second-order valence-electron chi connectivity index (χ2n) is 4.71. The molecule has 0 aliphatic heterocycles. The first kappa shape index (κ1) is 13.1. The Kier molecular flexibility index (Phi) is 3.85. The molecule has 2 rings (SSSR count). The Balaban J connectivity index is 2.17. The molecule has 0 atom stereocenters. The maximum absolute atomic E-state index is 5.66. The second kappa shape index (κ2) is 5.56. The lowest BCUT2D eigenvalue weighted by Crippen LogP contribution is -2.26. The predicted molar refractivity (Wildman–Crippen MR) is 79.7 cm³/mol. The molecule has 1 aromatic carbocycles. The molecular formula is C14H19N5. The lowest BCUT2D eigenvalue weighted by molar-refractivity contribution is 0.742. The fourth-order valence-corrected chi connectivity index (χ4v) is 1.59. The first-order valence-electron chi connectivity index (χ1n) is 6.23. The minimum absolute atomic E-state index is 0.388. The summed E-state index contributed by atoms with van der Waals surface area (Å²) in [5, 5.41) is 3.23. The van der Waals surface area contributed by atoms with Gasteiger partial charge in [0.1, 0.15) is 18.0 Å². The summed E-state index contributed by atoms with van der Waals surface area (Å²) in [5.41, 5.74) is 7.35. The Morgan fingerprint density at radius 2 is 1.84 bits per heavy atom. The van der Waals surface area contributed by atoms with Crippen LogP contribution < -0.4 is 16.0 Å².